The van der Waals surface area contributed by atoms with Crippen LogP contribution in [0.3, 0.4) is 0 Å². The molecule has 0 unspecified atom stereocenters. The first-order valence-electron chi connectivity index (χ1n) is 6.67. The summed E-state index contributed by atoms with van der Waals surface area (Å²) in [7, 11) is 0. The Morgan fingerprint density at radius 1 is 1.20 bits per heavy atom. The van der Waals surface area contributed by atoms with Gasteiger partial charge in [-0.1, -0.05) is 25.4 Å². The lowest BCUT2D eigenvalue weighted by molar-refractivity contribution is 0.0925. The second-order valence-corrected chi connectivity index (χ2v) is 6.01. The van der Waals surface area contributed by atoms with Gasteiger partial charge in [-0.25, -0.2) is 0 Å². The lowest BCUT2D eigenvalue weighted by Gasteiger charge is -2.07. The Bertz CT molecular complexity index is 604. The predicted octanol–water partition coefficient (Wildman–Crippen LogP) is 4.79. The Hall–Kier alpha value is -1.32. The highest BCUT2D eigenvalue weighted by molar-refractivity contribution is 7.14. The topological polar surface area (TPSA) is 26.3 Å². The van der Waals surface area contributed by atoms with Crippen LogP contribution >= 0.6 is 22.9 Å². The molecule has 0 saturated carbocycles. The zero-order valence-electron chi connectivity index (χ0n) is 11.6. The van der Waals surface area contributed by atoms with Gasteiger partial charge in [0, 0.05) is 9.90 Å². The number of ketones is 1. The molecule has 1 heterocycles. The molecule has 1 aromatic carbocycles. The number of Topliss-reactive ketones (excluding diaryl/α,β-unsaturated/α-hetero) is 1. The fraction of sp³-hybridized carbons (Fsp3) is 0.312. The van der Waals surface area contributed by atoms with E-state index in [-0.39, 0.29) is 12.4 Å². The summed E-state index contributed by atoms with van der Waals surface area (Å²) in [6, 6.07) is 9.35. The first kappa shape index (κ1) is 15.1. The lowest BCUT2D eigenvalue weighted by atomic mass is 10.1. The molecule has 20 heavy (non-hydrogen) atoms. The third-order valence-electron chi connectivity index (χ3n) is 3.05. The van der Waals surface area contributed by atoms with Crippen molar-refractivity contribution >= 4 is 28.7 Å². The summed E-state index contributed by atoms with van der Waals surface area (Å²) in [6.45, 7) is 4.18. The summed E-state index contributed by atoms with van der Waals surface area (Å²) < 4.78 is 5.56. The first-order chi connectivity index (χ1) is 9.63. The standard InChI is InChI=1S/C16H17ClO2S/c1-3-11-9-12(5-7-14(11)17)19-10-15(18)16-8-6-13(4-2)20-16/h5-9H,3-4,10H2,1-2H3. The molecule has 0 aliphatic heterocycles. The maximum atomic E-state index is 12.0. The smallest absolute Gasteiger partial charge is 0.210 e. The van der Waals surface area contributed by atoms with Crippen molar-refractivity contribution in [2.75, 3.05) is 6.61 Å². The van der Waals surface area contributed by atoms with E-state index in [0.717, 1.165) is 28.3 Å². The minimum atomic E-state index is 0.0164. The Balaban J connectivity index is 1.99. The van der Waals surface area contributed by atoms with Crippen molar-refractivity contribution in [1.82, 2.24) is 0 Å². The van der Waals surface area contributed by atoms with E-state index in [0.29, 0.717) is 5.75 Å². The molecule has 0 fully saturated rings. The minimum Gasteiger partial charge on any atom is -0.485 e. The summed E-state index contributed by atoms with van der Waals surface area (Å²) in [6.07, 6.45) is 1.80. The van der Waals surface area contributed by atoms with Crippen LogP contribution < -0.4 is 4.74 Å². The number of aryl methyl sites for hydroxylation is 2. The van der Waals surface area contributed by atoms with E-state index in [1.165, 1.54) is 16.2 Å². The van der Waals surface area contributed by atoms with Gasteiger partial charge in [0.25, 0.3) is 0 Å². The van der Waals surface area contributed by atoms with Crippen molar-refractivity contribution in [3.05, 3.63) is 50.7 Å². The quantitative estimate of drug-likeness (QED) is 0.717. The number of benzene rings is 1. The lowest BCUT2D eigenvalue weighted by Crippen LogP contribution is -2.10. The number of carbonyl (C=O) groups excluding carboxylic acids is 1. The molecule has 0 bridgehead atoms. The number of halogens is 1. The fourth-order valence-corrected chi connectivity index (χ4v) is 2.97. The second kappa shape index (κ2) is 6.91. The van der Waals surface area contributed by atoms with Crippen LogP contribution in [0.1, 0.15) is 34.0 Å². The van der Waals surface area contributed by atoms with E-state index in [2.05, 4.69) is 6.92 Å². The summed E-state index contributed by atoms with van der Waals surface area (Å²) in [5, 5.41) is 0.733. The third kappa shape index (κ3) is 3.62. The van der Waals surface area contributed by atoms with E-state index >= 15 is 0 Å². The number of ether oxygens (including phenoxy) is 1. The maximum absolute atomic E-state index is 12.0. The molecule has 2 aromatic rings. The van der Waals surface area contributed by atoms with Gasteiger partial charge in [0.1, 0.15) is 5.75 Å². The summed E-state index contributed by atoms with van der Waals surface area (Å²) in [4.78, 5) is 14.0. The molecular weight excluding hydrogens is 292 g/mol. The Morgan fingerprint density at radius 2 is 2.00 bits per heavy atom. The van der Waals surface area contributed by atoms with Gasteiger partial charge in [-0.05, 0) is 48.7 Å². The van der Waals surface area contributed by atoms with Gasteiger partial charge in [-0.15, -0.1) is 11.3 Å². The highest BCUT2D eigenvalue weighted by atomic mass is 35.5. The molecule has 106 valence electrons. The molecule has 0 aliphatic rings. The van der Waals surface area contributed by atoms with Crippen LogP contribution in [0, 0.1) is 0 Å². The number of carbonyl (C=O) groups is 1. The summed E-state index contributed by atoms with van der Waals surface area (Å²) >= 11 is 7.59. The minimum absolute atomic E-state index is 0.0164. The van der Waals surface area contributed by atoms with Crippen LogP contribution in [-0.2, 0) is 12.8 Å². The van der Waals surface area contributed by atoms with Crippen molar-refractivity contribution in [2.45, 2.75) is 26.7 Å². The molecule has 2 nitrogen and oxygen atoms in total. The molecule has 1 aromatic heterocycles. The Labute approximate surface area is 128 Å². The van der Waals surface area contributed by atoms with Crippen LogP contribution in [0.4, 0.5) is 0 Å². The van der Waals surface area contributed by atoms with Crippen molar-refractivity contribution in [3.8, 4) is 5.75 Å². The van der Waals surface area contributed by atoms with Crippen LogP contribution in [0.2, 0.25) is 5.02 Å². The zero-order valence-corrected chi connectivity index (χ0v) is 13.2. The van der Waals surface area contributed by atoms with E-state index < -0.39 is 0 Å². The molecule has 0 amide bonds. The van der Waals surface area contributed by atoms with Gasteiger partial charge in [0.15, 0.2) is 6.61 Å². The molecule has 0 atom stereocenters. The normalized spacial score (nSPS) is 10.6. The molecule has 0 N–H and O–H groups in total. The largest absolute Gasteiger partial charge is 0.485 e. The highest BCUT2D eigenvalue weighted by Crippen LogP contribution is 2.23. The van der Waals surface area contributed by atoms with Crippen molar-refractivity contribution < 1.29 is 9.53 Å². The highest BCUT2D eigenvalue weighted by Gasteiger charge is 2.10. The average molecular weight is 309 g/mol. The molecule has 4 heteroatoms. The van der Waals surface area contributed by atoms with Crippen LogP contribution in [0.25, 0.3) is 0 Å². The van der Waals surface area contributed by atoms with Crippen molar-refractivity contribution in [2.24, 2.45) is 0 Å². The van der Waals surface area contributed by atoms with Gasteiger partial charge in [0.05, 0.1) is 4.88 Å². The van der Waals surface area contributed by atoms with E-state index in [1.54, 1.807) is 12.1 Å². The number of hydrogen-bond donors (Lipinski definition) is 0. The maximum Gasteiger partial charge on any atom is 0.210 e. The Kier molecular flexibility index (Phi) is 5.21. The number of hydrogen-bond acceptors (Lipinski definition) is 3. The molecule has 0 spiro atoms. The van der Waals surface area contributed by atoms with Crippen LogP contribution in [-0.4, -0.2) is 12.4 Å². The predicted molar refractivity (Wildman–Crippen MR) is 84.4 cm³/mol. The van der Waals surface area contributed by atoms with E-state index in [4.69, 9.17) is 16.3 Å². The first-order valence-corrected chi connectivity index (χ1v) is 7.86. The molecule has 0 radical (unpaired) electrons. The zero-order chi connectivity index (χ0) is 14.5. The second-order valence-electron chi connectivity index (χ2n) is 4.44. The molecule has 2 rings (SSSR count). The Morgan fingerprint density at radius 3 is 2.65 bits per heavy atom. The summed E-state index contributed by atoms with van der Waals surface area (Å²) in [5.41, 5.74) is 1.03. The molecule has 0 aliphatic carbocycles. The van der Waals surface area contributed by atoms with Gasteiger partial charge in [0.2, 0.25) is 5.78 Å². The SMILES string of the molecule is CCc1ccc(C(=O)COc2ccc(Cl)c(CC)c2)s1. The van der Waals surface area contributed by atoms with E-state index in [9.17, 15) is 4.79 Å². The van der Waals surface area contributed by atoms with E-state index in [1.807, 2.05) is 25.1 Å². The molecular formula is C16H17ClO2S. The monoisotopic (exact) mass is 308 g/mol. The van der Waals surface area contributed by atoms with Gasteiger partial charge < -0.3 is 4.74 Å². The average Bonchev–Trinajstić information content (AvgIpc) is 2.95. The molecule has 0 saturated heterocycles. The van der Waals surface area contributed by atoms with Crippen molar-refractivity contribution in [1.29, 1.82) is 0 Å². The fourth-order valence-electron chi connectivity index (χ4n) is 1.85. The van der Waals surface area contributed by atoms with Crippen LogP contribution in [0.5, 0.6) is 5.75 Å². The van der Waals surface area contributed by atoms with Gasteiger partial charge >= 0.3 is 0 Å². The van der Waals surface area contributed by atoms with Gasteiger partial charge in [-0.2, -0.15) is 0 Å². The van der Waals surface area contributed by atoms with Crippen LogP contribution in [0.15, 0.2) is 30.3 Å². The van der Waals surface area contributed by atoms with Gasteiger partial charge in [-0.3, -0.25) is 4.79 Å². The van der Waals surface area contributed by atoms with Crippen molar-refractivity contribution in [3.63, 3.8) is 0 Å². The summed E-state index contributed by atoms with van der Waals surface area (Å²) in [5.74, 6) is 0.703. The number of rotatable bonds is 6. The number of thiophene rings is 1. The third-order valence-corrected chi connectivity index (χ3v) is 4.69.